The average molecular weight is 329 g/mol. The van der Waals surface area contributed by atoms with Gasteiger partial charge in [0, 0.05) is 18.6 Å². The molecule has 1 aliphatic rings. The molecule has 1 aromatic carbocycles. The highest BCUT2D eigenvalue weighted by molar-refractivity contribution is 5.95. The van der Waals surface area contributed by atoms with Gasteiger partial charge in [-0.3, -0.25) is 4.79 Å². The third kappa shape index (κ3) is 3.23. The maximum atomic E-state index is 13.1. The van der Waals surface area contributed by atoms with Crippen molar-refractivity contribution < 1.29 is 14.3 Å². The first kappa shape index (κ1) is 16.4. The van der Waals surface area contributed by atoms with Gasteiger partial charge in [0.25, 0.3) is 5.91 Å². The van der Waals surface area contributed by atoms with Gasteiger partial charge in [-0.05, 0) is 37.1 Å². The fourth-order valence-electron chi connectivity index (χ4n) is 2.97. The Morgan fingerprint density at radius 1 is 1.38 bits per heavy atom. The lowest BCUT2D eigenvalue weighted by Crippen LogP contribution is -2.33. The van der Waals surface area contributed by atoms with Crippen LogP contribution in [-0.2, 0) is 6.42 Å². The Labute approximate surface area is 139 Å². The van der Waals surface area contributed by atoms with Crippen molar-refractivity contribution in [2.24, 2.45) is 5.92 Å². The summed E-state index contributed by atoms with van der Waals surface area (Å²) >= 11 is 0. The van der Waals surface area contributed by atoms with Gasteiger partial charge in [0.1, 0.15) is 5.82 Å². The monoisotopic (exact) mass is 329 g/mol. The van der Waals surface area contributed by atoms with Gasteiger partial charge >= 0.3 is 0 Å². The molecule has 2 aromatic rings. The summed E-state index contributed by atoms with van der Waals surface area (Å²) < 4.78 is 14.8. The molecule has 6 heteroatoms. The van der Waals surface area contributed by atoms with Gasteiger partial charge < -0.3 is 10.4 Å². The second kappa shape index (κ2) is 6.97. The van der Waals surface area contributed by atoms with Crippen LogP contribution in [0.5, 0.6) is 0 Å². The summed E-state index contributed by atoms with van der Waals surface area (Å²) in [6, 6.07) is 5.93. The first-order valence-electron chi connectivity index (χ1n) is 8.05. The predicted molar refractivity (Wildman–Crippen MR) is 88.5 cm³/mol. The van der Waals surface area contributed by atoms with Crippen molar-refractivity contribution in [3.05, 3.63) is 59.7 Å². The molecule has 0 spiro atoms. The van der Waals surface area contributed by atoms with Crippen molar-refractivity contribution in [2.75, 3.05) is 6.61 Å². The summed E-state index contributed by atoms with van der Waals surface area (Å²) in [6.45, 7) is 2.04. The molecule has 0 unspecified atom stereocenters. The van der Waals surface area contributed by atoms with Crippen molar-refractivity contribution in [3.63, 3.8) is 0 Å². The van der Waals surface area contributed by atoms with Crippen LogP contribution in [0.1, 0.15) is 29.4 Å². The van der Waals surface area contributed by atoms with E-state index in [0.717, 1.165) is 5.69 Å². The third-order valence-corrected chi connectivity index (χ3v) is 4.24. The predicted octanol–water partition coefficient (Wildman–Crippen LogP) is 2.24. The van der Waals surface area contributed by atoms with Crippen molar-refractivity contribution in [1.82, 2.24) is 15.1 Å². The minimum Gasteiger partial charge on any atom is -0.396 e. The van der Waals surface area contributed by atoms with Gasteiger partial charge in [0.2, 0.25) is 0 Å². The molecule has 0 radical (unpaired) electrons. The molecule has 0 saturated heterocycles. The largest absolute Gasteiger partial charge is 0.396 e. The molecule has 126 valence electrons. The summed E-state index contributed by atoms with van der Waals surface area (Å²) in [5, 5.41) is 16.4. The highest BCUT2D eigenvalue weighted by Gasteiger charge is 2.23. The lowest BCUT2D eigenvalue weighted by molar-refractivity contribution is 0.0940. The lowest BCUT2D eigenvalue weighted by atomic mass is 10.1. The summed E-state index contributed by atoms with van der Waals surface area (Å²) in [6.07, 6.45) is 6.71. The number of amides is 1. The van der Waals surface area contributed by atoms with Gasteiger partial charge in [0.15, 0.2) is 0 Å². The van der Waals surface area contributed by atoms with Crippen molar-refractivity contribution in [2.45, 2.75) is 25.8 Å². The van der Waals surface area contributed by atoms with Crippen LogP contribution in [0.4, 0.5) is 4.39 Å². The van der Waals surface area contributed by atoms with Crippen LogP contribution in [0, 0.1) is 11.7 Å². The summed E-state index contributed by atoms with van der Waals surface area (Å²) in [5.41, 5.74) is 2.01. The molecule has 0 aliphatic heterocycles. The molecular formula is C18H20FN3O2. The van der Waals surface area contributed by atoms with Crippen LogP contribution in [0.15, 0.2) is 42.6 Å². The number of aliphatic hydroxyl groups excluding tert-OH is 1. The van der Waals surface area contributed by atoms with Gasteiger partial charge in [-0.1, -0.05) is 19.1 Å². The highest BCUT2D eigenvalue weighted by atomic mass is 19.1. The number of nitrogens with one attached hydrogen (secondary N) is 1. The number of nitrogens with zero attached hydrogens (tertiary/aromatic N) is 2. The number of aliphatic hydroxyl groups is 1. The lowest BCUT2D eigenvalue weighted by Gasteiger charge is -2.13. The van der Waals surface area contributed by atoms with E-state index in [1.54, 1.807) is 23.0 Å². The Bertz CT molecular complexity index is 752. The molecule has 24 heavy (non-hydrogen) atoms. The molecular weight excluding hydrogens is 309 g/mol. The number of halogens is 1. The minimum absolute atomic E-state index is 0.0754. The quantitative estimate of drug-likeness (QED) is 0.827. The van der Waals surface area contributed by atoms with E-state index in [0.29, 0.717) is 24.1 Å². The molecule has 3 rings (SSSR count). The number of benzene rings is 1. The first-order chi connectivity index (χ1) is 11.6. The third-order valence-electron chi connectivity index (χ3n) is 4.24. The van der Waals surface area contributed by atoms with E-state index >= 15 is 0 Å². The Morgan fingerprint density at radius 2 is 2.12 bits per heavy atom. The zero-order valence-corrected chi connectivity index (χ0v) is 13.4. The molecule has 1 amide bonds. The van der Waals surface area contributed by atoms with Gasteiger partial charge in [-0.2, -0.15) is 5.10 Å². The average Bonchev–Trinajstić information content (AvgIpc) is 3.21. The zero-order valence-electron chi connectivity index (χ0n) is 13.4. The van der Waals surface area contributed by atoms with Gasteiger partial charge in [0.05, 0.1) is 23.1 Å². The molecule has 1 heterocycles. The van der Waals surface area contributed by atoms with E-state index < -0.39 is 0 Å². The summed E-state index contributed by atoms with van der Waals surface area (Å²) in [7, 11) is 0. The first-order valence-corrected chi connectivity index (χ1v) is 8.05. The van der Waals surface area contributed by atoms with Crippen LogP contribution < -0.4 is 5.32 Å². The molecule has 0 saturated carbocycles. The van der Waals surface area contributed by atoms with E-state index in [9.17, 15) is 9.18 Å². The van der Waals surface area contributed by atoms with E-state index in [1.165, 1.54) is 12.1 Å². The molecule has 0 fully saturated rings. The van der Waals surface area contributed by atoms with Crippen LogP contribution in [-0.4, -0.2) is 33.4 Å². The Hall–Kier alpha value is -2.47. The standard InChI is InChI=1S/C18H20FN3O2/c1-2-17-16(18(24)21-14-6-3-12(9-14)11-23)10-20-22(17)15-7-4-13(19)5-8-15/h3-8,10,12,14,23H,2,9,11H2,1H3,(H,21,24)/t12-,14+/m0/s1. The minimum atomic E-state index is -0.312. The number of rotatable bonds is 5. The maximum Gasteiger partial charge on any atom is 0.255 e. The number of hydrogen-bond acceptors (Lipinski definition) is 3. The molecule has 1 aliphatic carbocycles. The molecule has 5 nitrogen and oxygen atoms in total. The Balaban J connectivity index is 1.80. The number of carbonyl (C=O) groups is 1. The molecule has 1 aromatic heterocycles. The van der Waals surface area contributed by atoms with E-state index in [-0.39, 0.29) is 30.3 Å². The van der Waals surface area contributed by atoms with Crippen LogP contribution >= 0.6 is 0 Å². The maximum absolute atomic E-state index is 13.1. The zero-order chi connectivity index (χ0) is 17.1. The fraction of sp³-hybridized carbons (Fsp3) is 0.333. The van der Waals surface area contributed by atoms with Crippen LogP contribution in [0.3, 0.4) is 0 Å². The smallest absolute Gasteiger partial charge is 0.255 e. The number of carbonyl (C=O) groups excluding carboxylic acids is 1. The van der Waals surface area contributed by atoms with Crippen molar-refractivity contribution in [1.29, 1.82) is 0 Å². The fourth-order valence-corrected chi connectivity index (χ4v) is 2.97. The van der Waals surface area contributed by atoms with E-state index in [4.69, 9.17) is 5.11 Å². The number of hydrogen-bond donors (Lipinski definition) is 2. The molecule has 2 atom stereocenters. The number of aromatic nitrogens is 2. The SMILES string of the molecule is CCc1c(C(=O)N[C@@H]2C=C[C@H](CO)C2)cnn1-c1ccc(F)cc1. The summed E-state index contributed by atoms with van der Waals surface area (Å²) in [5.74, 6) is -0.398. The highest BCUT2D eigenvalue weighted by Crippen LogP contribution is 2.20. The Morgan fingerprint density at radius 3 is 2.75 bits per heavy atom. The topological polar surface area (TPSA) is 67.2 Å². The second-order valence-electron chi connectivity index (χ2n) is 5.89. The van der Waals surface area contributed by atoms with Crippen LogP contribution in [0.2, 0.25) is 0 Å². The van der Waals surface area contributed by atoms with Gasteiger partial charge in [-0.25, -0.2) is 9.07 Å². The Kier molecular flexibility index (Phi) is 4.76. The summed E-state index contributed by atoms with van der Waals surface area (Å²) in [4.78, 5) is 12.6. The molecule has 0 bridgehead atoms. The van der Waals surface area contributed by atoms with Crippen molar-refractivity contribution >= 4 is 5.91 Å². The van der Waals surface area contributed by atoms with Gasteiger partial charge in [-0.15, -0.1) is 0 Å². The van der Waals surface area contributed by atoms with Crippen LogP contribution in [0.25, 0.3) is 5.69 Å². The normalized spacial score (nSPS) is 19.6. The second-order valence-corrected chi connectivity index (χ2v) is 5.89. The molecule has 2 N–H and O–H groups in total. The van der Waals surface area contributed by atoms with Crippen molar-refractivity contribution in [3.8, 4) is 5.69 Å². The van der Waals surface area contributed by atoms with E-state index in [1.807, 2.05) is 19.1 Å². The van der Waals surface area contributed by atoms with E-state index in [2.05, 4.69) is 10.4 Å².